The van der Waals surface area contributed by atoms with Gasteiger partial charge >= 0.3 is 0 Å². The summed E-state index contributed by atoms with van der Waals surface area (Å²) in [5.41, 5.74) is 4.17. The maximum atomic E-state index is 13.0. The Morgan fingerprint density at radius 2 is 1.88 bits per heavy atom. The van der Waals surface area contributed by atoms with Crippen molar-refractivity contribution in [2.24, 2.45) is 0 Å². The van der Waals surface area contributed by atoms with E-state index in [1.807, 2.05) is 44.2 Å². The molecule has 1 aromatic heterocycles. The predicted molar refractivity (Wildman–Crippen MR) is 125 cm³/mol. The van der Waals surface area contributed by atoms with Crippen LogP contribution in [0.4, 0.5) is 11.4 Å². The van der Waals surface area contributed by atoms with Crippen molar-refractivity contribution in [3.63, 3.8) is 0 Å². The van der Waals surface area contributed by atoms with Crippen LogP contribution in [0, 0.1) is 13.8 Å². The number of para-hydroxylation sites is 2. The lowest BCUT2D eigenvalue weighted by Gasteiger charge is -2.36. The highest BCUT2D eigenvalue weighted by Crippen LogP contribution is 2.27. The molecule has 0 radical (unpaired) electrons. The summed E-state index contributed by atoms with van der Waals surface area (Å²) in [6.45, 7) is 11.3. The van der Waals surface area contributed by atoms with Crippen molar-refractivity contribution in [3.8, 4) is 5.75 Å². The Balaban J connectivity index is 1.44. The van der Waals surface area contributed by atoms with Crippen LogP contribution < -0.4 is 15.0 Å². The number of nitrogens with zero attached hydrogens (tertiary/aromatic N) is 3. The van der Waals surface area contributed by atoms with Crippen molar-refractivity contribution in [1.29, 1.82) is 0 Å². The van der Waals surface area contributed by atoms with Crippen molar-refractivity contribution in [3.05, 3.63) is 71.1 Å². The van der Waals surface area contributed by atoms with Gasteiger partial charge in [0.15, 0.2) is 0 Å². The highest BCUT2D eigenvalue weighted by atomic mass is 16.5. The molecule has 0 bridgehead atoms. The molecule has 7 nitrogen and oxygen atoms in total. The van der Waals surface area contributed by atoms with Crippen molar-refractivity contribution < 1.29 is 14.1 Å². The molecule has 168 valence electrons. The number of aryl methyl sites for hydroxylation is 2. The molecule has 3 aromatic rings. The zero-order valence-corrected chi connectivity index (χ0v) is 18.9. The van der Waals surface area contributed by atoms with Crippen LogP contribution >= 0.6 is 0 Å². The van der Waals surface area contributed by atoms with Crippen LogP contribution in [0.2, 0.25) is 0 Å². The van der Waals surface area contributed by atoms with Crippen LogP contribution in [0.5, 0.6) is 5.75 Å². The lowest BCUT2D eigenvalue weighted by atomic mass is 10.1. The monoisotopic (exact) mass is 434 g/mol. The zero-order valence-electron chi connectivity index (χ0n) is 18.9. The zero-order chi connectivity index (χ0) is 22.5. The van der Waals surface area contributed by atoms with Crippen LogP contribution in [0.25, 0.3) is 0 Å². The van der Waals surface area contributed by atoms with E-state index in [1.54, 1.807) is 12.1 Å². The molecule has 2 heterocycles. The summed E-state index contributed by atoms with van der Waals surface area (Å²) in [7, 11) is 0. The van der Waals surface area contributed by atoms with Crippen LogP contribution in [0.15, 0.2) is 53.1 Å². The Morgan fingerprint density at radius 3 is 2.59 bits per heavy atom. The third kappa shape index (κ3) is 4.94. The van der Waals surface area contributed by atoms with E-state index in [0.717, 1.165) is 61.1 Å². The number of benzene rings is 2. The van der Waals surface area contributed by atoms with Crippen molar-refractivity contribution in [2.45, 2.75) is 27.4 Å². The number of amides is 1. The van der Waals surface area contributed by atoms with Gasteiger partial charge in [0.25, 0.3) is 5.91 Å². The fourth-order valence-corrected chi connectivity index (χ4v) is 3.95. The lowest BCUT2D eigenvalue weighted by Crippen LogP contribution is -2.46. The van der Waals surface area contributed by atoms with Crippen molar-refractivity contribution >= 4 is 17.3 Å². The molecule has 0 spiro atoms. The first-order valence-electron chi connectivity index (χ1n) is 11.1. The molecule has 0 aliphatic carbocycles. The topological polar surface area (TPSA) is 70.8 Å². The van der Waals surface area contributed by atoms with Gasteiger partial charge < -0.3 is 24.4 Å². The molecule has 2 aromatic carbocycles. The van der Waals surface area contributed by atoms with Gasteiger partial charge in [0, 0.05) is 31.7 Å². The van der Waals surface area contributed by atoms with E-state index in [0.29, 0.717) is 17.9 Å². The minimum atomic E-state index is -0.160. The van der Waals surface area contributed by atoms with Gasteiger partial charge in [0.2, 0.25) is 0 Å². The van der Waals surface area contributed by atoms with E-state index in [-0.39, 0.29) is 5.91 Å². The lowest BCUT2D eigenvalue weighted by molar-refractivity contribution is 0.102. The van der Waals surface area contributed by atoms with Crippen LogP contribution in [0.1, 0.15) is 34.3 Å². The fraction of sp³-hybridized carbons (Fsp3) is 0.360. The van der Waals surface area contributed by atoms with Gasteiger partial charge in [-0.05, 0) is 50.7 Å². The minimum Gasteiger partial charge on any atom is -0.489 e. The SMILES string of the molecule is CCN1CCN(c2ccccc2NC(=O)c2cccc(OCc3c(C)noc3C)c2)CC1. The van der Waals surface area contributed by atoms with E-state index in [1.165, 1.54) is 0 Å². The summed E-state index contributed by atoms with van der Waals surface area (Å²) < 4.78 is 11.1. The largest absolute Gasteiger partial charge is 0.489 e. The van der Waals surface area contributed by atoms with Gasteiger partial charge in [-0.25, -0.2) is 0 Å². The van der Waals surface area contributed by atoms with Crippen LogP contribution in [-0.4, -0.2) is 48.7 Å². The molecule has 32 heavy (non-hydrogen) atoms. The maximum Gasteiger partial charge on any atom is 0.255 e. The molecular formula is C25H30N4O3. The van der Waals surface area contributed by atoms with Crippen molar-refractivity contribution in [2.75, 3.05) is 42.9 Å². The summed E-state index contributed by atoms with van der Waals surface area (Å²) in [4.78, 5) is 17.8. The number of aromatic nitrogens is 1. The molecule has 1 aliphatic rings. The number of anilines is 2. The Morgan fingerprint density at radius 1 is 1.09 bits per heavy atom. The second-order valence-electron chi connectivity index (χ2n) is 8.01. The summed E-state index contributed by atoms with van der Waals surface area (Å²) in [6, 6.07) is 15.2. The number of hydrogen-bond donors (Lipinski definition) is 1. The minimum absolute atomic E-state index is 0.160. The highest BCUT2D eigenvalue weighted by molar-refractivity contribution is 6.06. The molecule has 1 aliphatic heterocycles. The van der Waals surface area contributed by atoms with E-state index < -0.39 is 0 Å². The quantitative estimate of drug-likeness (QED) is 0.599. The van der Waals surface area contributed by atoms with E-state index >= 15 is 0 Å². The summed E-state index contributed by atoms with van der Waals surface area (Å²) in [5.74, 6) is 1.21. The van der Waals surface area contributed by atoms with Crippen molar-refractivity contribution in [1.82, 2.24) is 10.1 Å². The number of ether oxygens (including phenoxy) is 1. The number of carbonyl (C=O) groups is 1. The Kier molecular flexibility index (Phi) is 6.75. The molecular weight excluding hydrogens is 404 g/mol. The molecule has 4 rings (SSSR count). The predicted octanol–water partition coefficient (Wildman–Crippen LogP) is 4.26. The molecule has 0 unspecified atom stereocenters. The first-order chi connectivity index (χ1) is 15.5. The number of nitrogens with one attached hydrogen (secondary N) is 1. The van der Waals surface area contributed by atoms with E-state index in [9.17, 15) is 4.79 Å². The number of hydrogen-bond acceptors (Lipinski definition) is 6. The van der Waals surface area contributed by atoms with Crippen LogP contribution in [-0.2, 0) is 6.61 Å². The number of rotatable bonds is 7. The fourth-order valence-electron chi connectivity index (χ4n) is 3.95. The second-order valence-corrected chi connectivity index (χ2v) is 8.01. The van der Waals surface area contributed by atoms with E-state index in [4.69, 9.17) is 9.26 Å². The van der Waals surface area contributed by atoms with Gasteiger partial charge in [0.1, 0.15) is 18.1 Å². The first-order valence-corrected chi connectivity index (χ1v) is 11.1. The van der Waals surface area contributed by atoms with Gasteiger partial charge in [0.05, 0.1) is 22.6 Å². The average molecular weight is 435 g/mol. The molecule has 1 amide bonds. The molecule has 7 heteroatoms. The summed E-state index contributed by atoms with van der Waals surface area (Å²) >= 11 is 0. The normalized spacial score (nSPS) is 14.4. The van der Waals surface area contributed by atoms with Gasteiger partial charge in [-0.15, -0.1) is 0 Å². The molecule has 1 saturated heterocycles. The number of likely N-dealkylation sites (N-methyl/N-ethyl adjacent to an activating group) is 1. The summed E-state index contributed by atoms with van der Waals surface area (Å²) in [5, 5.41) is 7.04. The molecule has 1 fully saturated rings. The number of carbonyl (C=O) groups excluding carboxylic acids is 1. The van der Waals surface area contributed by atoms with Crippen LogP contribution in [0.3, 0.4) is 0 Å². The van der Waals surface area contributed by atoms with Gasteiger partial charge in [-0.1, -0.05) is 30.3 Å². The third-order valence-electron chi connectivity index (χ3n) is 5.97. The molecule has 0 atom stereocenters. The average Bonchev–Trinajstić information content (AvgIpc) is 3.15. The maximum absolute atomic E-state index is 13.0. The molecule has 1 N–H and O–H groups in total. The third-order valence-corrected chi connectivity index (χ3v) is 5.97. The number of piperazine rings is 1. The standard InChI is InChI=1S/C25H30N4O3/c1-4-28-12-14-29(15-13-28)24-11-6-5-10-23(24)26-25(30)20-8-7-9-21(16-20)31-17-22-18(2)27-32-19(22)3/h5-11,16H,4,12-15,17H2,1-3H3,(H,26,30). The van der Waals surface area contributed by atoms with Gasteiger partial charge in [-0.3, -0.25) is 4.79 Å². The first kappa shape index (κ1) is 21.9. The Hall–Kier alpha value is -3.32. The summed E-state index contributed by atoms with van der Waals surface area (Å²) in [6.07, 6.45) is 0. The highest BCUT2D eigenvalue weighted by Gasteiger charge is 2.19. The Labute approximate surface area is 188 Å². The Bertz CT molecular complexity index is 1050. The second kappa shape index (κ2) is 9.87. The molecule has 0 saturated carbocycles. The van der Waals surface area contributed by atoms with Gasteiger partial charge in [-0.2, -0.15) is 0 Å². The smallest absolute Gasteiger partial charge is 0.255 e. The van der Waals surface area contributed by atoms with E-state index in [2.05, 4.69) is 33.3 Å².